The summed E-state index contributed by atoms with van der Waals surface area (Å²) in [5.74, 6) is -0.372. The van der Waals surface area contributed by atoms with Gasteiger partial charge in [-0.3, -0.25) is 0 Å². The highest BCUT2D eigenvalue weighted by Crippen LogP contribution is 2.33. The van der Waals surface area contributed by atoms with E-state index >= 15 is 0 Å². The first-order chi connectivity index (χ1) is 8.36. The quantitative estimate of drug-likeness (QED) is 0.468. The van der Waals surface area contributed by atoms with Gasteiger partial charge in [0.2, 0.25) is 0 Å². The Morgan fingerprint density at radius 1 is 1.50 bits per heavy atom. The number of rotatable bonds is 5. The van der Waals surface area contributed by atoms with Gasteiger partial charge in [0, 0.05) is 16.8 Å². The topological polar surface area (TPSA) is 26.3 Å². The van der Waals surface area contributed by atoms with Crippen molar-refractivity contribution in [1.29, 1.82) is 0 Å². The minimum absolute atomic E-state index is 0.0865. The van der Waals surface area contributed by atoms with Gasteiger partial charge in [-0.25, -0.2) is 4.79 Å². The second-order valence-electron chi connectivity index (χ2n) is 4.70. The summed E-state index contributed by atoms with van der Waals surface area (Å²) in [5.41, 5.74) is 3.68. The Labute approximate surface area is 117 Å². The van der Waals surface area contributed by atoms with Gasteiger partial charge in [-0.1, -0.05) is 40.7 Å². The van der Waals surface area contributed by atoms with Crippen molar-refractivity contribution in [3.8, 4) is 0 Å². The Bertz CT molecular complexity index is 444. The fraction of sp³-hybridized carbons (Fsp3) is 0.400. The summed E-state index contributed by atoms with van der Waals surface area (Å²) < 4.78 is 4.96. The molecule has 0 saturated heterocycles. The van der Waals surface area contributed by atoms with Crippen LogP contribution in [0.4, 0.5) is 0 Å². The Balaban J connectivity index is 2.87. The molecule has 0 aliphatic rings. The normalized spacial score (nSPS) is 11.1. The van der Waals surface area contributed by atoms with Gasteiger partial charge in [0.1, 0.15) is 0 Å². The van der Waals surface area contributed by atoms with Gasteiger partial charge >= 0.3 is 5.97 Å². The standard InChI is InChI=1S/C15H19BrO2/c1-5-14(17)18-10-9-12-11(2)7-6-8-13(12)15(3,4)16/h5-8H,1,9-10H2,2-4H3. The second kappa shape index (κ2) is 6.19. The molecule has 2 nitrogen and oxygen atoms in total. The summed E-state index contributed by atoms with van der Waals surface area (Å²) in [4.78, 5) is 11.0. The zero-order valence-corrected chi connectivity index (χ0v) is 12.7. The Kier molecular flexibility index (Phi) is 5.15. The maximum absolute atomic E-state index is 11.0. The number of carbonyl (C=O) groups excluding carboxylic acids is 1. The maximum atomic E-state index is 11.0. The largest absolute Gasteiger partial charge is 0.462 e. The molecule has 0 fully saturated rings. The number of ether oxygens (including phenoxy) is 1. The fourth-order valence-corrected chi connectivity index (χ4v) is 2.28. The molecular formula is C15H19BrO2. The molecule has 3 heteroatoms. The summed E-state index contributed by atoms with van der Waals surface area (Å²) in [5, 5.41) is 0. The van der Waals surface area contributed by atoms with Crippen LogP contribution >= 0.6 is 15.9 Å². The maximum Gasteiger partial charge on any atom is 0.330 e. The molecule has 0 bridgehead atoms. The molecule has 0 atom stereocenters. The molecule has 0 aromatic heterocycles. The first-order valence-corrected chi connectivity index (χ1v) is 6.72. The van der Waals surface area contributed by atoms with Crippen molar-refractivity contribution in [1.82, 2.24) is 0 Å². The molecule has 0 heterocycles. The van der Waals surface area contributed by atoms with Gasteiger partial charge in [-0.15, -0.1) is 0 Å². The average molecular weight is 311 g/mol. The van der Waals surface area contributed by atoms with Gasteiger partial charge in [0.05, 0.1) is 6.61 Å². The minimum atomic E-state index is -0.372. The smallest absolute Gasteiger partial charge is 0.330 e. The molecule has 0 radical (unpaired) electrons. The van der Waals surface area contributed by atoms with Gasteiger partial charge in [0.15, 0.2) is 0 Å². The lowest BCUT2D eigenvalue weighted by Gasteiger charge is -2.22. The summed E-state index contributed by atoms with van der Waals surface area (Å²) in [6.45, 7) is 10.1. The first-order valence-electron chi connectivity index (χ1n) is 5.93. The van der Waals surface area contributed by atoms with E-state index in [1.807, 2.05) is 6.07 Å². The Morgan fingerprint density at radius 3 is 2.72 bits per heavy atom. The predicted octanol–water partition coefficient (Wildman–Crippen LogP) is 3.90. The van der Waals surface area contributed by atoms with Crippen molar-refractivity contribution in [2.75, 3.05) is 6.61 Å². The lowest BCUT2D eigenvalue weighted by atomic mass is 9.92. The van der Waals surface area contributed by atoms with Crippen molar-refractivity contribution in [2.45, 2.75) is 31.5 Å². The summed E-state index contributed by atoms with van der Waals surface area (Å²) in [6, 6.07) is 6.23. The van der Waals surface area contributed by atoms with Crippen LogP contribution in [-0.4, -0.2) is 12.6 Å². The zero-order valence-electron chi connectivity index (χ0n) is 11.1. The van der Waals surface area contributed by atoms with E-state index < -0.39 is 0 Å². The predicted molar refractivity (Wildman–Crippen MR) is 78.0 cm³/mol. The Morgan fingerprint density at radius 2 is 2.17 bits per heavy atom. The van der Waals surface area contributed by atoms with Crippen molar-refractivity contribution in [2.24, 2.45) is 0 Å². The highest BCUT2D eigenvalue weighted by atomic mass is 79.9. The molecule has 0 aliphatic carbocycles. The average Bonchev–Trinajstić information content (AvgIpc) is 2.29. The molecule has 98 valence electrons. The molecule has 0 amide bonds. The van der Waals surface area contributed by atoms with E-state index in [-0.39, 0.29) is 10.3 Å². The van der Waals surface area contributed by atoms with Crippen LogP contribution in [0.15, 0.2) is 30.9 Å². The summed E-state index contributed by atoms with van der Waals surface area (Å²) in [6.07, 6.45) is 1.91. The molecule has 1 aromatic rings. The highest BCUT2D eigenvalue weighted by Gasteiger charge is 2.20. The van der Waals surface area contributed by atoms with Gasteiger partial charge < -0.3 is 4.74 Å². The lowest BCUT2D eigenvalue weighted by molar-refractivity contribution is -0.137. The van der Waals surface area contributed by atoms with Gasteiger partial charge in [0.25, 0.3) is 0 Å². The zero-order chi connectivity index (χ0) is 13.8. The number of carbonyl (C=O) groups is 1. The number of halogens is 1. The van der Waals surface area contributed by atoms with Crippen molar-refractivity contribution in [3.63, 3.8) is 0 Å². The number of hydrogen-bond donors (Lipinski definition) is 0. The molecule has 1 rings (SSSR count). The monoisotopic (exact) mass is 310 g/mol. The molecule has 18 heavy (non-hydrogen) atoms. The lowest BCUT2D eigenvalue weighted by Crippen LogP contribution is -2.14. The number of alkyl halides is 1. The van der Waals surface area contributed by atoms with E-state index in [1.165, 1.54) is 22.8 Å². The van der Waals surface area contributed by atoms with Crippen LogP contribution < -0.4 is 0 Å². The fourth-order valence-electron chi connectivity index (χ4n) is 1.90. The third-order valence-corrected chi connectivity index (χ3v) is 3.24. The highest BCUT2D eigenvalue weighted by molar-refractivity contribution is 9.09. The van der Waals surface area contributed by atoms with E-state index in [4.69, 9.17) is 4.74 Å². The molecular weight excluding hydrogens is 292 g/mol. The third-order valence-electron chi connectivity index (χ3n) is 2.81. The molecule has 1 aromatic carbocycles. The Hall–Kier alpha value is -1.09. The second-order valence-corrected chi connectivity index (χ2v) is 6.68. The van der Waals surface area contributed by atoms with Crippen LogP contribution in [0.25, 0.3) is 0 Å². The molecule has 0 N–H and O–H groups in total. The number of aryl methyl sites for hydroxylation is 1. The molecule has 0 saturated carbocycles. The summed E-state index contributed by atoms with van der Waals surface area (Å²) >= 11 is 3.68. The minimum Gasteiger partial charge on any atom is -0.462 e. The van der Waals surface area contributed by atoms with Crippen LogP contribution in [0, 0.1) is 6.92 Å². The van der Waals surface area contributed by atoms with E-state index in [1.54, 1.807) is 0 Å². The number of benzene rings is 1. The molecule has 0 unspecified atom stereocenters. The van der Waals surface area contributed by atoms with E-state index in [9.17, 15) is 4.79 Å². The first kappa shape index (κ1) is 15.0. The number of esters is 1. The van der Waals surface area contributed by atoms with Crippen LogP contribution in [0.3, 0.4) is 0 Å². The van der Waals surface area contributed by atoms with Crippen molar-refractivity contribution < 1.29 is 9.53 Å². The van der Waals surface area contributed by atoms with Crippen LogP contribution in [0.1, 0.15) is 30.5 Å². The van der Waals surface area contributed by atoms with E-state index in [0.29, 0.717) is 6.61 Å². The van der Waals surface area contributed by atoms with E-state index in [2.05, 4.69) is 55.4 Å². The van der Waals surface area contributed by atoms with Gasteiger partial charge in [-0.2, -0.15) is 0 Å². The van der Waals surface area contributed by atoms with Crippen molar-refractivity contribution >= 4 is 21.9 Å². The van der Waals surface area contributed by atoms with Crippen LogP contribution in [0.2, 0.25) is 0 Å². The SMILES string of the molecule is C=CC(=O)OCCc1c(C)cccc1C(C)(C)Br. The van der Waals surface area contributed by atoms with Gasteiger partial charge in [-0.05, 0) is 37.5 Å². The van der Waals surface area contributed by atoms with E-state index in [0.717, 1.165) is 6.42 Å². The number of hydrogen-bond acceptors (Lipinski definition) is 2. The molecule has 0 aliphatic heterocycles. The van der Waals surface area contributed by atoms with Crippen molar-refractivity contribution in [3.05, 3.63) is 47.5 Å². The van der Waals surface area contributed by atoms with Crippen LogP contribution in [0.5, 0.6) is 0 Å². The summed E-state index contributed by atoms with van der Waals surface area (Å²) in [7, 11) is 0. The third kappa shape index (κ3) is 3.98. The van der Waals surface area contributed by atoms with Crippen LogP contribution in [-0.2, 0) is 20.3 Å². The molecule has 0 spiro atoms.